The second kappa shape index (κ2) is 9.01. The maximum absolute atomic E-state index is 12.5. The van der Waals surface area contributed by atoms with E-state index in [0.717, 1.165) is 24.3 Å². The van der Waals surface area contributed by atoms with Gasteiger partial charge in [0.2, 0.25) is 0 Å². The van der Waals surface area contributed by atoms with Crippen LogP contribution in [0.15, 0.2) is 42.1 Å². The highest BCUT2D eigenvalue weighted by atomic mass is 19.4. The van der Waals surface area contributed by atoms with E-state index in [1.54, 1.807) is 0 Å². The largest absolute Gasteiger partial charge is 0.573 e. The Kier molecular flexibility index (Phi) is 6.93. The molecule has 1 N–H and O–H groups in total. The number of allylic oxidation sites excluding steroid dienone is 3. The van der Waals surface area contributed by atoms with Crippen molar-refractivity contribution in [3.05, 3.63) is 47.7 Å². The smallest absolute Gasteiger partial charge is 0.493 e. The first kappa shape index (κ1) is 22.3. The van der Waals surface area contributed by atoms with Gasteiger partial charge in [-0.25, -0.2) is 0 Å². The topological polar surface area (TPSA) is 64.6 Å². The number of rotatable bonds is 7. The van der Waals surface area contributed by atoms with Crippen LogP contribution in [0.5, 0.6) is 11.5 Å². The van der Waals surface area contributed by atoms with Crippen LogP contribution in [0.2, 0.25) is 0 Å². The lowest BCUT2D eigenvalue weighted by Gasteiger charge is -2.16. The molecule has 0 aliphatic heterocycles. The number of amides is 1. The molecule has 158 valence electrons. The van der Waals surface area contributed by atoms with E-state index >= 15 is 0 Å². The van der Waals surface area contributed by atoms with Gasteiger partial charge in [-0.3, -0.25) is 9.59 Å². The molecular weight excluding hydrogens is 408 g/mol. The van der Waals surface area contributed by atoms with E-state index in [9.17, 15) is 35.9 Å². The molecule has 0 saturated heterocycles. The molecule has 0 atom stereocenters. The second-order valence-corrected chi connectivity index (χ2v) is 5.90. The summed E-state index contributed by atoms with van der Waals surface area (Å²) in [4.78, 5) is 23.8. The van der Waals surface area contributed by atoms with Crippen molar-refractivity contribution in [3.63, 3.8) is 0 Å². The third-order valence-electron chi connectivity index (χ3n) is 3.48. The van der Waals surface area contributed by atoms with E-state index in [0.29, 0.717) is 0 Å². The second-order valence-electron chi connectivity index (χ2n) is 5.90. The van der Waals surface area contributed by atoms with Crippen LogP contribution in [0.1, 0.15) is 29.6 Å². The third kappa shape index (κ3) is 7.88. The Hall–Kier alpha value is -2.98. The zero-order valence-electron chi connectivity index (χ0n) is 14.7. The van der Waals surface area contributed by atoms with Crippen molar-refractivity contribution in [2.45, 2.75) is 31.8 Å². The first-order valence-electron chi connectivity index (χ1n) is 8.25. The molecule has 2 rings (SSSR count). The van der Waals surface area contributed by atoms with Gasteiger partial charge in [0.05, 0.1) is 12.2 Å². The van der Waals surface area contributed by atoms with E-state index in [-0.39, 0.29) is 23.7 Å². The van der Waals surface area contributed by atoms with Crippen LogP contribution >= 0.6 is 0 Å². The Morgan fingerprint density at radius 2 is 1.86 bits per heavy atom. The van der Waals surface area contributed by atoms with Gasteiger partial charge in [0.15, 0.2) is 5.78 Å². The Bertz CT molecular complexity index is 827. The minimum Gasteiger partial charge on any atom is -0.493 e. The fourth-order valence-corrected chi connectivity index (χ4v) is 2.32. The first-order chi connectivity index (χ1) is 13.4. The molecule has 0 radical (unpaired) electrons. The molecule has 1 aliphatic carbocycles. The van der Waals surface area contributed by atoms with Crippen molar-refractivity contribution in [1.29, 1.82) is 0 Å². The number of nitrogens with one attached hydrogen (secondary N) is 1. The lowest BCUT2D eigenvalue weighted by molar-refractivity contribution is -0.274. The summed E-state index contributed by atoms with van der Waals surface area (Å²) in [6, 6.07) is 2.60. The molecule has 0 heterocycles. The number of halogens is 6. The highest BCUT2D eigenvalue weighted by Gasteiger charge is 2.32. The summed E-state index contributed by atoms with van der Waals surface area (Å²) in [7, 11) is 0. The molecule has 5 nitrogen and oxygen atoms in total. The number of ether oxygens (including phenoxy) is 2. The molecule has 0 fully saturated rings. The summed E-state index contributed by atoms with van der Waals surface area (Å²) in [5, 5.41) is 2.33. The van der Waals surface area contributed by atoms with E-state index in [4.69, 9.17) is 4.74 Å². The van der Waals surface area contributed by atoms with Crippen LogP contribution < -0.4 is 14.8 Å². The molecule has 1 aromatic rings. The van der Waals surface area contributed by atoms with Crippen molar-refractivity contribution in [3.8, 4) is 11.5 Å². The standard InChI is InChI=1S/C18H15F6NO4/c19-17(20,21)7-2-8-28-15-6-5-13(29-18(22,23)24)10-14(15)16(27)25-11-3-1-4-12(26)9-11/h1,3,5-6,9-10H,2,4,7-8H2,(H,25,27). The van der Waals surface area contributed by atoms with Crippen molar-refractivity contribution in [2.24, 2.45) is 0 Å². The van der Waals surface area contributed by atoms with Crippen LogP contribution in [-0.4, -0.2) is 30.8 Å². The summed E-state index contributed by atoms with van der Waals surface area (Å²) in [6.07, 6.45) is -6.74. The molecule has 29 heavy (non-hydrogen) atoms. The first-order valence-corrected chi connectivity index (χ1v) is 8.25. The third-order valence-corrected chi connectivity index (χ3v) is 3.48. The van der Waals surface area contributed by atoms with Crippen LogP contribution in [0, 0.1) is 0 Å². The quantitative estimate of drug-likeness (QED) is 0.520. The molecule has 1 aliphatic rings. The van der Waals surface area contributed by atoms with Crippen molar-refractivity contribution < 1.29 is 45.4 Å². The Labute approximate surface area is 161 Å². The Morgan fingerprint density at radius 3 is 2.48 bits per heavy atom. The average Bonchev–Trinajstić information content (AvgIpc) is 2.57. The molecule has 1 aromatic carbocycles. The maximum atomic E-state index is 12.5. The van der Waals surface area contributed by atoms with Gasteiger partial charge in [-0.15, -0.1) is 13.2 Å². The van der Waals surface area contributed by atoms with Crippen LogP contribution in [0.25, 0.3) is 0 Å². The molecular formula is C18H15F6NO4. The van der Waals surface area contributed by atoms with Crippen molar-refractivity contribution in [1.82, 2.24) is 5.32 Å². The Balaban J connectivity index is 2.19. The van der Waals surface area contributed by atoms with Crippen LogP contribution in [0.3, 0.4) is 0 Å². The van der Waals surface area contributed by atoms with Gasteiger partial charge >= 0.3 is 12.5 Å². The molecule has 11 heteroatoms. The lowest BCUT2D eigenvalue weighted by Crippen LogP contribution is -2.25. The fraction of sp³-hybridized carbons (Fsp3) is 0.333. The average molecular weight is 423 g/mol. The number of alkyl halides is 6. The van der Waals surface area contributed by atoms with Crippen LogP contribution in [-0.2, 0) is 4.79 Å². The summed E-state index contributed by atoms with van der Waals surface area (Å²) < 4.78 is 82.8. The molecule has 0 spiro atoms. The molecule has 0 aromatic heterocycles. The van der Waals surface area contributed by atoms with Crippen molar-refractivity contribution in [2.75, 3.05) is 6.61 Å². The zero-order chi connectivity index (χ0) is 21.7. The number of hydrogen-bond donors (Lipinski definition) is 1. The highest BCUT2D eigenvalue weighted by Crippen LogP contribution is 2.29. The van der Waals surface area contributed by atoms with E-state index in [2.05, 4.69) is 10.1 Å². The molecule has 1 amide bonds. The van der Waals surface area contributed by atoms with Crippen LogP contribution in [0.4, 0.5) is 26.3 Å². The monoisotopic (exact) mass is 423 g/mol. The molecule has 0 bridgehead atoms. The molecule has 0 saturated carbocycles. The van der Waals surface area contributed by atoms with Gasteiger partial charge in [-0.05, 0) is 30.7 Å². The van der Waals surface area contributed by atoms with Gasteiger partial charge in [-0.2, -0.15) is 13.2 Å². The number of carbonyl (C=O) groups is 2. The summed E-state index contributed by atoms with van der Waals surface area (Å²) in [5.41, 5.74) is -0.289. The summed E-state index contributed by atoms with van der Waals surface area (Å²) in [6.45, 7) is -0.416. The van der Waals surface area contributed by atoms with E-state index in [1.165, 1.54) is 12.2 Å². The van der Waals surface area contributed by atoms with Gasteiger partial charge in [0.1, 0.15) is 11.5 Å². The van der Waals surface area contributed by atoms with Crippen molar-refractivity contribution >= 4 is 11.7 Å². The highest BCUT2D eigenvalue weighted by molar-refractivity contribution is 6.00. The maximum Gasteiger partial charge on any atom is 0.573 e. The lowest BCUT2D eigenvalue weighted by atomic mass is 10.1. The summed E-state index contributed by atoms with van der Waals surface area (Å²) >= 11 is 0. The van der Waals surface area contributed by atoms with E-state index < -0.39 is 49.2 Å². The van der Waals surface area contributed by atoms with Gasteiger partial charge in [0, 0.05) is 24.6 Å². The normalized spacial score (nSPS) is 14.4. The predicted octanol–water partition coefficient (Wildman–Crippen LogP) is 4.45. The minimum absolute atomic E-state index is 0.108. The molecule has 0 unspecified atom stereocenters. The Morgan fingerprint density at radius 1 is 1.14 bits per heavy atom. The van der Waals surface area contributed by atoms with E-state index in [1.807, 2.05) is 0 Å². The van der Waals surface area contributed by atoms with Gasteiger partial charge in [0.25, 0.3) is 5.91 Å². The predicted molar refractivity (Wildman–Crippen MR) is 88.2 cm³/mol. The van der Waals surface area contributed by atoms with Gasteiger partial charge < -0.3 is 14.8 Å². The number of carbonyl (C=O) groups excluding carboxylic acids is 2. The number of benzene rings is 1. The zero-order valence-corrected chi connectivity index (χ0v) is 14.7. The number of ketones is 1. The fourth-order valence-electron chi connectivity index (χ4n) is 2.32. The number of hydrogen-bond acceptors (Lipinski definition) is 4. The van der Waals surface area contributed by atoms with Gasteiger partial charge in [-0.1, -0.05) is 6.08 Å². The SMILES string of the molecule is O=C1C=C(NC(=O)c2cc(OC(F)(F)F)ccc2OCCCC(F)(F)F)C=CC1. The summed E-state index contributed by atoms with van der Waals surface area (Å²) in [5.74, 6) is -2.16. The minimum atomic E-state index is -5.01.